The Hall–Kier alpha value is -4.12. The third-order valence-corrected chi connectivity index (χ3v) is 3.98. The molecule has 1 N–H and O–H groups in total. The molecule has 0 saturated heterocycles. The average molecular weight is 446 g/mol. The number of hydrogen-bond acceptors (Lipinski definition) is 8. The fraction of sp³-hybridized carbons (Fsp3) is 0.0526. The van der Waals surface area contributed by atoms with Crippen LogP contribution >= 0.6 is 11.6 Å². The summed E-state index contributed by atoms with van der Waals surface area (Å²) in [4.78, 5) is 29.4. The highest BCUT2D eigenvalue weighted by molar-refractivity contribution is 6.28. The number of hydrazone groups is 1. The molecule has 0 aliphatic carbocycles. The maximum absolute atomic E-state index is 13.9. The third-order valence-electron chi connectivity index (χ3n) is 3.80. The molecule has 0 saturated carbocycles. The van der Waals surface area contributed by atoms with E-state index in [-0.39, 0.29) is 28.2 Å². The molecule has 0 fully saturated rings. The number of nitro groups is 1. The zero-order chi connectivity index (χ0) is 22.4. The topological polar surface area (TPSA) is 129 Å². The fourth-order valence-corrected chi connectivity index (χ4v) is 2.45. The first-order valence-electron chi connectivity index (χ1n) is 8.49. The molecule has 0 aliphatic heterocycles. The maximum Gasteiger partial charge on any atom is 0.271 e. The van der Waals surface area contributed by atoms with Crippen LogP contribution in [-0.4, -0.2) is 34.1 Å². The van der Waals surface area contributed by atoms with Crippen LogP contribution in [0, 0.1) is 15.9 Å². The van der Waals surface area contributed by atoms with Crippen molar-refractivity contribution in [1.29, 1.82) is 0 Å². The van der Waals surface area contributed by atoms with Crippen LogP contribution in [0.2, 0.25) is 5.28 Å². The molecule has 158 valence electrons. The van der Waals surface area contributed by atoms with Gasteiger partial charge in [0.05, 0.1) is 24.4 Å². The predicted octanol–water partition coefficient (Wildman–Crippen LogP) is 3.74. The van der Waals surface area contributed by atoms with Crippen LogP contribution in [0.25, 0.3) is 0 Å². The lowest BCUT2D eigenvalue weighted by molar-refractivity contribution is -0.384. The van der Waals surface area contributed by atoms with E-state index in [9.17, 15) is 19.3 Å². The van der Waals surface area contributed by atoms with Crippen LogP contribution in [-0.2, 0) is 0 Å². The molecule has 0 spiro atoms. The van der Waals surface area contributed by atoms with E-state index in [2.05, 4.69) is 20.5 Å². The van der Waals surface area contributed by atoms with Crippen molar-refractivity contribution in [1.82, 2.24) is 15.4 Å². The van der Waals surface area contributed by atoms with Gasteiger partial charge in [0, 0.05) is 17.7 Å². The zero-order valence-electron chi connectivity index (χ0n) is 15.8. The second-order valence-corrected chi connectivity index (χ2v) is 6.15. The molecule has 1 aromatic heterocycles. The van der Waals surface area contributed by atoms with Crippen LogP contribution in [0.5, 0.6) is 17.4 Å². The number of amides is 1. The molecule has 2 aromatic carbocycles. The average Bonchev–Trinajstić information content (AvgIpc) is 2.76. The number of rotatable bonds is 7. The number of carbonyl (C=O) groups is 1. The molecule has 0 bridgehead atoms. The molecule has 1 amide bonds. The lowest BCUT2D eigenvalue weighted by atomic mass is 10.2. The number of carbonyl (C=O) groups excluding carboxylic acids is 1. The Balaban J connectivity index is 1.73. The lowest BCUT2D eigenvalue weighted by Gasteiger charge is -2.10. The van der Waals surface area contributed by atoms with Gasteiger partial charge in [-0.2, -0.15) is 14.5 Å². The number of ether oxygens (including phenoxy) is 2. The van der Waals surface area contributed by atoms with E-state index in [0.29, 0.717) is 11.3 Å². The normalized spacial score (nSPS) is 10.7. The minimum Gasteiger partial charge on any atom is -0.493 e. The second-order valence-electron chi connectivity index (χ2n) is 5.81. The van der Waals surface area contributed by atoms with Gasteiger partial charge >= 0.3 is 0 Å². The summed E-state index contributed by atoms with van der Waals surface area (Å²) >= 11 is 5.67. The van der Waals surface area contributed by atoms with Crippen molar-refractivity contribution in [3.05, 3.63) is 81.0 Å². The molecule has 0 unspecified atom stereocenters. The number of nitrogens with zero attached hydrogens (tertiary/aromatic N) is 4. The molecule has 0 aliphatic rings. The van der Waals surface area contributed by atoms with E-state index in [1.165, 1.54) is 43.7 Å². The van der Waals surface area contributed by atoms with Crippen molar-refractivity contribution in [2.24, 2.45) is 5.10 Å². The number of methoxy groups -OCH3 is 1. The number of benzene rings is 2. The van der Waals surface area contributed by atoms with Gasteiger partial charge in [-0.05, 0) is 47.5 Å². The van der Waals surface area contributed by atoms with E-state index < -0.39 is 16.6 Å². The van der Waals surface area contributed by atoms with E-state index in [1.54, 1.807) is 12.1 Å². The summed E-state index contributed by atoms with van der Waals surface area (Å²) in [6, 6.07) is 9.70. The first kappa shape index (κ1) is 21.6. The molecular weight excluding hydrogens is 433 g/mol. The number of non-ortho nitro benzene ring substituents is 1. The monoisotopic (exact) mass is 445 g/mol. The smallest absolute Gasteiger partial charge is 0.271 e. The minimum atomic E-state index is -0.819. The lowest BCUT2D eigenvalue weighted by Crippen LogP contribution is -2.17. The van der Waals surface area contributed by atoms with Crippen molar-refractivity contribution in [3.8, 4) is 17.4 Å². The Kier molecular flexibility index (Phi) is 6.67. The van der Waals surface area contributed by atoms with Gasteiger partial charge in [0.2, 0.25) is 11.1 Å². The minimum absolute atomic E-state index is 0.127. The highest BCUT2D eigenvalue weighted by atomic mass is 35.5. The van der Waals surface area contributed by atoms with Crippen molar-refractivity contribution >= 4 is 29.4 Å². The molecule has 0 atom stereocenters. The van der Waals surface area contributed by atoms with Crippen molar-refractivity contribution in [2.45, 2.75) is 0 Å². The van der Waals surface area contributed by atoms with E-state index >= 15 is 0 Å². The fourth-order valence-electron chi connectivity index (χ4n) is 2.32. The number of halogens is 2. The quantitative estimate of drug-likeness (QED) is 0.254. The van der Waals surface area contributed by atoms with Gasteiger partial charge < -0.3 is 9.47 Å². The van der Waals surface area contributed by atoms with Crippen LogP contribution < -0.4 is 14.9 Å². The van der Waals surface area contributed by atoms with Gasteiger partial charge in [-0.25, -0.2) is 10.4 Å². The van der Waals surface area contributed by atoms with Gasteiger partial charge in [0.15, 0.2) is 11.5 Å². The van der Waals surface area contributed by atoms with E-state index in [4.69, 9.17) is 21.1 Å². The first-order chi connectivity index (χ1) is 14.9. The number of aromatic nitrogens is 2. The zero-order valence-corrected chi connectivity index (χ0v) is 16.5. The molecule has 31 heavy (non-hydrogen) atoms. The van der Waals surface area contributed by atoms with Crippen LogP contribution in [0.15, 0.2) is 53.8 Å². The Morgan fingerprint density at radius 3 is 2.68 bits per heavy atom. The van der Waals surface area contributed by atoms with Crippen LogP contribution in [0.4, 0.5) is 10.1 Å². The van der Waals surface area contributed by atoms with E-state index in [1.807, 2.05) is 0 Å². The van der Waals surface area contributed by atoms with Crippen molar-refractivity contribution < 1.29 is 23.6 Å². The number of hydrogen-bond donors (Lipinski definition) is 1. The van der Waals surface area contributed by atoms with Gasteiger partial charge in [-0.1, -0.05) is 0 Å². The largest absolute Gasteiger partial charge is 0.493 e. The summed E-state index contributed by atoms with van der Waals surface area (Å²) in [6.45, 7) is 0. The molecule has 3 aromatic rings. The first-order valence-corrected chi connectivity index (χ1v) is 8.87. The Morgan fingerprint density at radius 1 is 1.26 bits per heavy atom. The van der Waals surface area contributed by atoms with E-state index in [0.717, 1.165) is 6.20 Å². The molecule has 3 rings (SSSR count). The van der Waals surface area contributed by atoms with Gasteiger partial charge in [0.25, 0.3) is 17.5 Å². The highest BCUT2D eigenvalue weighted by Gasteiger charge is 2.13. The van der Waals surface area contributed by atoms with Gasteiger partial charge in [-0.3, -0.25) is 14.9 Å². The standard InChI is InChI=1S/C19H13ClFN5O5/c1-30-15-7-2-11(8-16(15)31-18-14(21)10-22-19(20)24-18)9-23-25-17(27)12-3-5-13(6-4-12)26(28)29/h2-10H,1H3,(H,25,27)/b23-9+. The summed E-state index contributed by atoms with van der Waals surface area (Å²) < 4.78 is 24.5. The van der Waals surface area contributed by atoms with Crippen molar-refractivity contribution in [3.63, 3.8) is 0 Å². The second kappa shape index (κ2) is 9.59. The van der Waals surface area contributed by atoms with Crippen LogP contribution in [0.1, 0.15) is 15.9 Å². The summed E-state index contributed by atoms with van der Waals surface area (Å²) in [5.41, 5.74) is 2.85. The summed E-state index contributed by atoms with van der Waals surface area (Å²) in [5, 5.41) is 14.3. The number of nitrogens with one attached hydrogen (secondary N) is 1. The summed E-state index contributed by atoms with van der Waals surface area (Å²) in [6.07, 6.45) is 2.19. The van der Waals surface area contributed by atoms with Crippen molar-refractivity contribution in [2.75, 3.05) is 7.11 Å². The summed E-state index contributed by atoms with van der Waals surface area (Å²) in [7, 11) is 1.41. The van der Waals surface area contributed by atoms with Crippen LogP contribution in [0.3, 0.4) is 0 Å². The Bertz CT molecular complexity index is 1160. The van der Waals surface area contributed by atoms with Gasteiger partial charge in [0.1, 0.15) is 0 Å². The molecule has 10 nitrogen and oxygen atoms in total. The SMILES string of the molecule is COc1ccc(/C=N/NC(=O)c2ccc([N+](=O)[O-])cc2)cc1Oc1nc(Cl)ncc1F. The predicted molar refractivity (Wildman–Crippen MR) is 108 cm³/mol. The Morgan fingerprint density at radius 2 is 2.00 bits per heavy atom. The highest BCUT2D eigenvalue weighted by Crippen LogP contribution is 2.32. The maximum atomic E-state index is 13.9. The summed E-state index contributed by atoms with van der Waals surface area (Å²) in [5.74, 6) is -1.35. The molecular formula is C19H13ClFN5O5. The van der Waals surface area contributed by atoms with Gasteiger partial charge in [-0.15, -0.1) is 0 Å². The number of nitro benzene ring substituents is 1. The molecule has 0 radical (unpaired) electrons. The third kappa shape index (κ3) is 5.48. The molecule has 12 heteroatoms. The molecule has 1 heterocycles. The Labute approximate surface area is 179 Å².